The minimum atomic E-state index is -0.432. The van der Waals surface area contributed by atoms with Crippen molar-refractivity contribution in [2.45, 2.75) is 18.9 Å². The van der Waals surface area contributed by atoms with Crippen LogP contribution >= 0.6 is 31.9 Å². The highest BCUT2D eigenvalue weighted by Gasteiger charge is 2.16. The number of nitrogens with zero attached hydrogens (tertiary/aromatic N) is 1. The number of aliphatic hydroxyl groups is 1. The summed E-state index contributed by atoms with van der Waals surface area (Å²) in [7, 11) is 0. The minimum absolute atomic E-state index is 0.330. The SMILES string of the molecule is O[C@H](COc1ccc(Br)cc1Br)CN1CCCC1. The van der Waals surface area contributed by atoms with Crippen LogP contribution in [0.1, 0.15) is 12.8 Å². The van der Waals surface area contributed by atoms with Gasteiger partial charge in [-0.1, -0.05) is 15.9 Å². The van der Waals surface area contributed by atoms with Crippen LogP contribution in [0.4, 0.5) is 0 Å². The second-order valence-electron chi connectivity index (χ2n) is 4.55. The zero-order chi connectivity index (χ0) is 13.0. The Morgan fingerprint density at radius 2 is 2.00 bits per heavy atom. The maximum Gasteiger partial charge on any atom is 0.133 e. The summed E-state index contributed by atoms with van der Waals surface area (Å²) in [5, 5.41) is 9.93. The van der Waals surface area contributed by atoms with Crippen molar-refractivity contribution in [3.63, 3.8) is 0 Å². The summed E-state index contributed by atoms with van der Waals surface area (Å²) in [4.78, 5) is 2.28. The first-order valence-corrected chi connectivity index (χ1v) is 7.72. The van der Waals surface area contributed by atoms with Gasteiger partial charge in [0.2, 0.25) is 0 Å². The molecule has 0 unspecified atom stereocenters. The Kier molecular flexibility index (Phi) is 5.48. The Morgan fingerprint density at radius 3 is 2.67 bits per heavy atom. The molecule has 100 valence electrons. The normalized spacial score (nSPS) is 17.9. The molecule has 0 amide bonds. The van der Waals surface area contributed by atoms with Crippen LogP contribution in [0.25, 0.3) is 0 Å². The molecule has 0 bridgehead atoms. The Morgan fingerprint density at radius 1 is 1.28 bits per heavy atom. The summed E-state index contributed by atoms with van der Waals surface area (Å²) < 4.78 is 7.51. The van der Waals surface area contributed by atoms with E-state index in [-0.39, 0.29) is 0 Å². The van der Waals surface area contributed by atoms with Gasteiger partial charge in [-0.3, -0.25) is 0 Å². The number of halogens is 2. The van der Waals surface area contributed by atoms with Crippen LogP contribution in [-0.2, 0) is 0 Å². The fourth-order valence-corrected chi connectivity index (χ4v) is 3.26. The topological polar surface area (TPSA) is 32.7 Å². The van der Waals surface area contributed by atoms with Gasteiger partial charge in [-0.25, -0.2) is 0 Å². The standard InChI is InChI=1S/C13H17Br2NO2/c14-10-3-4-13(12(15)7-10)18-9-11(17)8-16-5-1-2-6-16/h3-4,7,11,17H,1-2,5-6,8-9H2/t11-/m0/s1. The highest BCUT2D eigenvalue weighted by Crippen LogP contribution is 2.28. The van der Waals surface area contributed by atoms with Crippen LogP contribution in [0.15, 0.2) is 27.1 Å². The predicted molar refractivity (Wildman–Crippen MR) is 79.0 cm³/mol. The van der Waals surface area contributed by atoms with Crippen molar-refractivity contribution in [2.75, 3.05) is 26.2 Å². The molecule has 1 aliphatic rings. The van der Waals surface area contributed by atoms with Crippen LogP contribution in [0, 0.1) is 0 Å². The van der Waals surface area contributed by atoms with Crippen molar-refractivity contribution >= 4 is 31.9 Å². The van der Waals surface area contributed by atoms with Gasteiger partial charge < -0.3 is 14.7 Å². The van der Waals surface area contributed by atoms with Crippen molar-refractivity contribution in [1.82, 2.24) is 4.90 Å². The van der Waals surface area contributed by atoms with Gasteiger partial charge in [0.05, 0.1) is 4.47 Å². The second-order valence-corrected chi connectivity index (χ2v) is 6.32. The van der Waals surface area contributed by atoms with Gasteiger partial charge in [-0.05, 0) is 60.1 Å². The maximum atomic E-state index is 9.93. The summed E-state index contributed by atoms with van der Waals surface area (Å²) in [6.07, 6.45) is 2.05. The quantitative estimate of drug-likeness (QED) is 0.854. The first-order chi connectivity index (χ1) is 8.65. The van der Waals surface area contributed by atoms with Crippen LogP contribution in [0.5, 0.6) is 5.75 Å². The molecule has 1 heterocycles. The Labute approximate surface area is 124 Å². The fourth-order valence-electron chi connectivity index (χ4n) is 2.09. The minimum Gasteiger partial charge on any atom is -0.490 e. The molecular formula is C13H17Br2NO2. The molecule has 1 saturated heterocycles. The first-order valence-electron chi connectivity index (χ1n) is 6.13. The van der Waals surface area contributed by atoms with Crippen molar-refractivity contribution in [3.05, 3.63) is 27.1 Å². The predicted octanol–water partition coefficient (Wildman–Crippen LogP) is 3.05. The molecular weight excluding hydrogens is 362 g/mol. The van der Waals surface area contributed by atoms with E-state index in [4.69, 9.17) is 4.74 Å². The third-order valence-electron chi connectivity index (χ3n) is 2.99. The molecule has 3 nitrogen and oxygen atoms in total. The smallest absolute Gasteiger partial charge is 0.133 e. The van der Waals surface area contributed by atoms with Crippen LogP contribution < -0.4 is 4.74 Å². The van der Waals surface area contributed by atoms with E-state index in [2.05, 4.69) is 36.8 Å². The molecule has 0 saturated carbocycles. The molecule has 1 N–H and O–H groups in total. The number of ether oxygens (including phenoxy) is 1. The third kappa shape index (κ3) is 4.23. The molecule has 0 aliphatic carbocycles. The van der Waals surface area contributed by atoms with E-state index in [1.807, 2.05) is 18.2 Å². The lowest BCUT2D eigenvalue weighted by molar-refractivity contribution is 0.0755. The van der Waals surface area contributed by atoms with Gasteiger partial charge in [0.25, 0.3) is 0 Å². The molecule has 1 atom stereocenters. The molecule has 0 radical (unpaired) electrons. The molecule has 1 aliphatic heterocycles. The first kappa shape index (κ1) is 14.3. The summed E-state index contributed by atoms with van der Waals surface area (Å²) in [5.74, 6) is 0.763. The van der Waals surface area contributed by atoms with Gasteiger partial charge in [-0.2, -0.15) is 0 Å². The van der Waals surface area contributed by atoms with Crippen molar-refractivity contribution in [2.24, 2.45) is 0 Å². The second kappa shape index (κ2) is 6.89. The summed E-state index contributed by atoms with van der Waals surface area (Å²) in [5.41, 5.74) is 0. The Hall–Kier alpha value is -0.100. The zero-order valence-electron chi connectivity index (χ0n) is 10.1. The molecule has 1 aromatic carbocycles. The monoisotopic (exact) mass is 377 g/mol. The van der Waals surface area contributed by atoms with Crippen LogP contribution in [-0.4, -0.2) is 42.4 Å². The number of aliphatic hydroxyl groups excluding tert-OH is 1. The molecule has 18 heavy (non-hydrogen) atoms. The highest BCUT2D eigenvalue weighted by molar-refractivity contribution is 9.11. The molecule has 1 fully saturated rings. The molecule has 0 aromatic heterocycles. The lowest BCUT2D eigenvalue weighted by Gasteiger charge is -2.19. The number of hydrogen-bond acceptors (Lipinski definition) is 3. The fraction of sp³-hybridized carbons (Fsp3) is 0.538. The van der Waals surface area contributed by atoms with E-state index in [0.717, 1.165) is 27.8 Å². The molecule has 0 spiro atoms. The highest BCUT2D eigenvalue weighted by atomic mass is 79.9. The molecule has 1 aromatic rings. The maximum absolute atomic E-state index is 9.93. The van der Waals surface area contributed by atoms with Crippen LogP contribution in [0.3, 0.4) is 0 Å². The molecule has 2 rings (SSSR count). The lowest BCUT2D eigenvalue weighted by atomic mass is 10.3. The number of hydrogen-bond donors (Lipinski definition) is 1. The van der Waals surface area contributed by atoms with E-state index >= 15 is 0 Å². The largest absolute Gasteiger partial charge is 0.490 e. The van der Waals surface area contributed by atoms with Crippen LogP contribution in [0.2, 0.25) is 0 Å². The summed E-state index contributed by atoms with van der Waals surface area (Å²) >= 11 is 6.83. The summed E-state index contributed by atoms with van der Waals surface area (Å²) in [6, 6.07) is 5.74. The van der Waals surface area contributed by atoms with E-state index in [1.165, 1.54) is 12.8 Å². The van der Waals surface area contributed by atoms with Gasteiger partial charge in [-0.15, -0.1) is 0 Å². The Bertz CT molecular complexity index is 395. The van der Waals surface area contributed by atoms with E-state index in [0.29, 0.717) is 13.2 Å². The van der Waals surface area contributed by atoms with E-state index in [9.17, 15) is 5.11 Å². The Balaban J connectivity index is 1.79. The van der Waals surface area contributed by atoms with Crippen molar-refractivity contribution < 1.29 is 9.84 Å². The lowest BCUT2D eigenvalue weighted by Crippen LogP contribution is -2.33. The van der Waals surface area contributed by atoms with Crippen molar-refractivity contribution in [1.29, 1.82) is 0 Å². The van der Waals surface area contributed by atoms with Gasteiger partial charge in [0, 0.05) is 11.0 Å². The number of likely N-dealkylation sites (tertiary alicyclic amines) is 1. The third-order valence-corrected chi connectivity index (χ3v) is 4.11. The van der Waals surface area contributed by atoms with Gasteiger partial charge in [0.15, 0.2) is 0 Å². The molecule has 5 heteroatoms. The zero-order valence-corrected chi connectivity index (χ0v) is 13.3. The van der Waals surface area contributed by atoms with Gasteiger partial charge >= 0.3 is 0 Å². The van der Waals surface area contributed by atoms with E-state index in [1.54, 1.807) is 0 Å². The van der Waals surface area contributed by atoms with E-state index < -0.39 is 6.10 Å². The number of benzene rings is 1. The van der Waals surface area contributed by atoms with Gasteiger partial charge in [0.1, 0.15) is 18.5 Å². The average molecular weight is 379 g/mol. The number of rotatable bonds is 5. The number of β-amino-alcohol motifs (C(OH)–C–C–N with tert-alkyl or cyclic N) is 1. The average Bonchev–Trinajstić information content (AvgIpc) is 2.80. The summed E-state index contributed by atoms with van der Waals surface area (Å²) in [6.45, 7) is 3.23. The van der Waals surface area contributed by atoms with Crippen molar-refractivity contribution in [3.8, 4) is 5.75 Å².